The lowest BCUT2D eigenvalue weighted by molar-refractivity contribution is -0.141. The first-order valence-corrected chi connectivity index (χ1v) is 7.29. The Labute approximate surface area is 115 Å². The second-order valence-corrected chi connectivity index (χ2v) is 5.47. The van der Waals surface area contributed by atoms with Crippen LogP contribution in [0.5, 0.6) is 0 Å². The Hall–Kier alpha value is -1.26. The molecule has 1 rings (SSSR count). The van der Waals surface area contributed by atoms with E-state index in [9.17, 15) is 9.59 Å². The molecular formula is C14H26N2O3. The molecular weight excluding hydrogens is 244 g/mol. The highest BCUT2D eigenvalue weighted by Crippen LogP contribution is 2.20. The number of urea groups is 1. The first-order valence-electron chi connectivity index (χ1n) is 7.29. The van der Waals surface area contributed by atoms with E-state index in [-0.39, 0.29) is 12.1 Å². The van der Waals surface area contributed by atoms with Gasteiger partial charge in [-0.1, -0.05) is 19.8 Å². The quantitative estimate of drug-likeness (QED) is 0.754. The number of hydrogen-bond acceptors (Lipinski definition) is 2. The van der Waals surface area contributed by atoms with Crippen molar-refractivity contribution >= 4 is 12.0 Å². The average Bonchev–Trinajstić information content (AvgIpc) is 2.82. The lowest BCUT2D eigenvalue weighted by Gasteiger charge is -2.33. The number of carbonyl (C=O) groups excluding carboxylic acids is 1. The number of unbranched alkanes of at least 4 members (excludes halogenated alkanes) is 2. The van der Waals surface area contributed by atoms with E-state index < -0.39 is 12.0 Å². The summed E-state index contributed by atoms with van der Waals surface area (Å²) in [6, 6.07) is -0.643. The molecule has 1 N–H and O–H groups in total. The van der Waals surface area contributed by atoms with Gasteiger partial charge in [0.1, 0.15) is 6.04 Å². The van der Waals surface area contributed by atoms with Crippen LogP contribution in [-0.4, -0.2) is 52.1 Å². The molecule has 0 aromatic carbocycles. The molecule has 2 amide bonds. The van der Waals surface area contributed by atoms with Crippen molar-refractivity contribution in [1.82, 2.24) is 9.80 Å². The Morgan fingerprint density at radius 2 is 2.05 bits per heavy atom. The molecule has 1 heterocycles. The summed E-state index contributed by atoms with van der Waals surface area (Å²) < 4.78 is 0. The number of carbonyl (C=O) groups is 2. The largest absolute Gasteiger partial charge is 0.480 e. The van der Waals surface area contributed by atoms with Crippen LogP contribution in [0, 0.1) is 0 Å². The molecule has 1 aliphatic rings. The van der Waals surface area contributed by atoms with Crippen LogP contribution >= 0.6 is 0 Å². The van der Waals surface area contributed by atoms with E-state index in [4.69, 9.17) is 5.11 Å². The van der Waals surface area contributed by atoms with E-state index >= 15 is 0 Å². The molecule has 0 spiro atoms. The molecule has 0 radical (unpaired) electrons. The van der Waals surface area contributed by atoms with Crippen molar-refractivity contribution in [2.45, 2.75) is 65.0 Å². The highest BCUT2D eigenvalue weighted by atomic mass is 16.4. The third kappa shape index (κ3) is 4.11. The fraction of sp³-hybridized carbons (Fsp3) is 0.857. The van der Waals surface area contributed by atoms with E-state index in [1.54, 1.807) is 4.90 Å². The Kier molecular flexibility index (Phi) is 6.12. The van der Waals surface area contributed by atoms with Gasteiger partial charge in [0.25, 0.3) is 0 Å². The van der Waals surface area contributed by atoms with Gasteiger partial charge in [0.15, 0.2) is 0 Å². The molecule has 1 aliphatic heterocycles. The summed E-state index contributed by atoms with van der Waals surface area (Å²) in [5.74, 6) is -0.886. The molecule has 5 heteroatoms. The molecule has 1 fully saturated rings. The second kappa shape index (κ2) is 7.36. The van der Waals surface area contributed by atoms with Crippen molar-refractivity contribution in [3.63, 3.8) is 0 Å². The third-order valence-corrected chi connectivity index (χ3v) is 3.66. The van der Waals surface area contributed by atoms with Crippen LogP contribution in [0.1, 0.15) is 52.9 Å². The minimum Gasteiger partial charge on any atom is -0.480 e. The predicted octanol–water partition coefficient (Wildman–Crippen LogP) is 2.56. The molecule has 110 valence electrons. The number of likely N-dealkylation sites (tertiary alicyclic amines) is 1. The van der Waals surface area contributed by atoms with Crippen LogP contribution in [0.25, 0.3) is 0 Å². The first-order chi connectivity index (χ1) is 8.99. The van der Waals surface area contributed by atoms with E-state index in [0.29, 0.717) is 19.5 Å². The van der Waals surface area contributed by atoms with Crippen LogP contribution < -0.4 is 0 Å². The smallest absolute Gasteiger partial charge is 0.326 e. The Bertz CT molecular complexity index is 318. The maximum atomic E-state index is 12.5. The minimum atomic E-state index is -0.886. The summed E-state index contributed by atoms with van der Waals surface area (Å²) in [5, 5.41) is 9.15. The molecule has 0 aromatic rings. The zero-order valence-corrected chi connectivity index (χ0v) is 12.3. The van der Waals surface area contributed by atoms with Gasteiger partial charge < -0.3 is 14.9 Å². The highest BCUT2D eigenvalue weighted by Gasteiger charge is 2.36. The van der Waals surface area contributed by atoms with Crippen molar-refractivity contribution in [1.29, 1.82) is 0 Å². The summed E-state index contributed by atoms with van der Waals surface area (Å²) in [4.78, 5) is 27.0. The number of hydrogen-bond donors (Lipinski definition) is 1. The van der Waals surface area contributed by atoms with Crippen molar-refractivity contribution in [3.8, 4) is 0 Å². The normalized spacial score (nSPS) is 18.9. The summed E-state index contributed by atoms with van der Waals surface area (Å²) in [5.41, 5.74) is 0. The van der Waals surface area contributed by atoms with Crippen LogP contribution in [0.2, 0.25) is 0 Å². The molecule has 5 nitrogen and oxygen atoms in total. The number of carboxylic acids is 1. The lowest BCUT2D eigenvalue weighted by Crippen LogP contribution is -2.50. The number of aliphatic carboxylic acids is 1. The monoisotopic (exact) mass is 270 g/mol. The van der Waals surface area contributed by atoms with E-state index in [0.717, 1.165) is 25.7 Å². The minimum absolute atomic E-state index is 0.111. The van der Waals surface area contributed by atoms with Crippen molar-refractivity contribution in [2.24, 2.45) is 0 Å². The fourth-order valence-electron chi connectivity index (χ4n) is 2.52. The fourth-order valence-corrected chi connectivity index (χ4v) is 2.52. The van der Waals surface area contributed by atoms with Gasteiger partial charge in [-0.05, 0) is 33.1 Å². The molecule has 0 bridgehead atoms. The molecule has 0 aromatic heterocycles. The average molecular weight is 270 g/mol. The van der Waals surface area contributed by atoms with E-state index in [1.807, 2.05) is 13.8 Å². The zero-order chi connectivity index (χ0) is 14.4. The molecule has 0 aliphatic carbocycles. The second-order valence-electron chi connectivity index (χ2n) is 5.47. The van der Waals surface area contributed by atoms with Crippen LogP contribution in [-0.2, 0) is 4.79 Å². The molecule has 0 unspecified atom stereocenters. The van der Waals surface area contributed by atoms with E-state index in [2.05, 4.69) is 6.92 Å². The van der Waals surface area contributed by atoms with Gasteiger partial charge in [-0.3, -0.25) is 0 Å². The summed E-state index contributed by atoms with van der Waals surface area (Å²) >= 11 is 0. The van der Waals surface area contributed by atoms with Gasteiger partial charge in [-0.25, -0.2) is 9.59 Å². The third-order valence-electron chi connectivity index (χ3n) is 3.66. The maximum absolute atomic E-state index is 12.5. The number of nitrogens with zero attached hydrogens (tertiary/aromatic N) is 2. The number of rotatable bonds is 6. The Morgan fingerprint density at radius 1 is 1.37 bits per heavy atom. The lowest BCUT2D eigenvalue weighted by atomic mass is 10.2. The highest BCUT2D eigenvalue weighted by molar-refractivity contribution is 5.83. The zero-order valence-electron chi connectivity index (χ0n) is 12.3. The summed E-state index contributed by atoms with van der Waals surface area (Å²) in [6.07, 6.45) is 4.54. The number of amides is 2. The van der Waals surface area contributed by atoms with E-state index in [1.165, 1.54) is 4.90 Å². The van der Waals surface area contributed by atoms with Crippen LogP contribution in [0.3, 0.4) is 0 Å². The Morgan fingerprint density at radius 3 is 2.58 bits per heavy atom. The van der Waals surface area contributed by atoms with Crippen LogP contribution in [0.4, 0.5) is 4.79 Å². The summed E-state index contributed by atoms with van der Waals surface area (Å²) in [7, 11) is 0. The van der Waals surface area contributed by atoms with Gasteiger partial charge in [0.05, 0.1) is 0 Å². The van der Waals surface area contributed by atoms with Gasteiger partial charge in [-0.15, -0.1) is 0 Å². The molecule has 19 heavy (non-hydrogen) atoms. The predicted molar refractivity (Wildman–Crippen MR) is 74.1 cm³/mol. The van der Waals surface area contributed by atoms with Crippen molar-refractivity contribution in [2.75, 3.05) is 13.1 Å². The van der Waals surface area contributed by atoms with Gasteiger partial charge in [0, 0.05) is 19.1 Å². The van der Waals surface area contributed by atoms with Gasteiger partial charge in [-0.2, -0.15) is 0 Å². The standard InChI is InChI=1S/C14H26N2O3/c1-4-5-6-9-15(11(2)3)14(19)16-10-7-8-12(16)13(17)18/h11-12H,4-10H2,1-3H3,(H,17,18)/t12-/m1/s1. The van der Waals surface area contributed by atoms with Gasteiger partial charge >= 0.3 is 12.0 Å². The van der Waals surface area contributed by atoms with Crippen molar-refractivity contribution in [3.05, 3.63) is 0 Å². The van der Waals surface area contributed by atoms with Crippen LogP contribution in [0.15, 0.2) is 0 Å². The van der Waals surface area contributed by atoms with Gasteiger partial charge in [0.2, 0.25) is 0 Å². The topological polar surface area (TPSA) is 60.9 Å². The molecule has 1 saturated heterocycles. The summed E-state index contributed by atoms with van der Waals surface area (Å²) in [6.45, 7) is 7.37. The first kappa shape index (κ1) is 15.8. The SMILES string of the molecule is CCCCCN(C(=O)N1CCC[C@@H]1C(=O)O)C(C)C. The van der Waals surface area contributed by atoms with Crippen molar-refractivity contribution < 1.29 is 14.7 Å². The maximum Gasteiger partial charge on any atom is 0.326 e. The molecule has 0 saturated carbocycles. The number of carboxylic acid groups (broad SMARTS) is 1. The molecule has 1 atom stereocenters. The Balaban J connectivity index is 2.67.